The van der Waals surface area contributed by atoms with E-state index in [9.17, 15) is 10.1 Å². The van der Waals surface area contributed by atoms with Gasteiger partial charge in [-0.3, -0.25) is 10.1 Å². The molecule has 2 atom stereocenters. The predicted octanol–water partition coefficient (Wildman–Crippen LogP) is 1.41. The Bertz CT molecular complexity index is 446. The van der Waals surface area contributed by atoms with Crippen molar-refractivity contribution in [3.05, 3.63) is 22.2 Å². The van der Waals surface area contributed by atoms with Gasteiger partial charge >= 0.3 is 0 Å². The largest absolute Gasteiger partial charge is 0.383 e. The topological polar surface area (TPSA) is 103 Å². The minimum Gasteiger partial charge on any atom is -0.383 e. The van der Waals surface area contributed by atoms with E-state index in [4.69, 9.17) is 10.5 Å². The molecular weight excluding hydrogens is 236 g/mol. The quantitative estimate of drug-likeness (QED) is 0.620. The minimum absolute atomic E-state index is 0.0557. The molecule has 0 aromatic carbocycles. The molecule has 1 aromatic heterocycles. The summed E-state index contributed by atoms with van der Waals surface area (Å²) in [6.07, 6.45) is 0.985. The van der Waals surface area contributed by atoms with Crippen molar-refractivity contribution in [2.45, 2.75) is 19.4 Å². The number of hydrogen-bond acceptors (Lipinski definition) is 6. The first-order chi connectivity index (χ1) is 8.56. The number of pyridine rings is 1. The zero-order valence-electron chi connectivity index (χ0n) is 10.1. The summed E-state index contributed by atoms with van der Waals surface area (Å²) in [5.74, 6) is 0.968. The molecule has 18 heavy (non-hydrogen) atoms. The number of nitrogens with zero attached hydrogens (tertiary/aromatic N) is 2. The van der Waals surface area contributed by atoms with Crippen molar-refractivity contribution in [1.29, 1.82) is 0 Å². The van der Waals surface area contributed by atoms with Crippen LogP contribution in [0.4, 0.5) is 17.3 Å². The fourth-order valence-corrected chi connectivity index (χ4v) is 2.01. The molecule has 2 rings (SSSR count). The molecule has 1 saturated heterocycles. The molecule has 0 bridgehead atoms. The third kappa shape index (κ3) is 2.86. The Morgan fingerprint density at radius 1 is 1.67 bits per heavy atom. The highest BCUT2D eigenvalue weighted by Crippen LogP contribution is 2.23. The van der Waals surface area contributed by atoms with Crippen molar-refractivity contribution in [1.82, 2.24) is 4.98 Å². The van der Waals surface area contributed by atoms with Crippen molar-refractivity contribution in [2.75, 3.05) is 24.3 Å². The Morgan fingerprint density at radius 2 is 2.44 bits per heavy atom. The maximum atomic E-state index is 10.7. The van der Waals surface area contributed by atoms with Crippen LogP contribution < -0.4 is 11.1 Å². The molecule has 1 fully saturated rings. The van der Waals surface area contributed by atoms with Crippen molar-refractivity contribution >= 4 is 17.3 Å². The number of nitrogens with one attached hydrogen (secondary N) is 1. The zero-order valence-corrected chi connectivity index (χ0v) is 10.1. The Hall–Kier alpha value is -1.89. The van der Waals surface area contributed by atoms with E-state index in [0.29, 0.717) is 18.3 Å². The first-order valence-corrected chi connectivity index (χ1v) is 5.82. The lowest BCUT2D eigenvalue weighted by Crippen LogP contribution is -2.26. The third-order valence-corrected chi connectivity index (χ3v) is 3.09. The lowest BCUT2D eigenvalue weighted by atomic mass is 10.0. The third-order valence-electron chi connectivity index (χ3n) is 3.09. The molecule has 1 aliphatic rings. The Morgan fingerprint density at radius 3 is 3.06 bits per heavy atom. The summed E-state index contributed by atoms with van der Waals surface area (Å²) in [5, 5.41) is 13.9. The molecule has 0 aliphatic carbocycles. The fraction of sp³-hybridized carbons (Fsp3) is 0.545. The van der Waals surface area contributed by atoms with E-state index >= 15 is 0 Å². The average Bonchev–Trinajstić information content (AvgIpc) is 2.81. The summed E-state index contributed by atoms with van der Waals surface area (Å²) in [6.45, 7) is 3.48. The van der Waals surface area contributed by atoms with Gasteiger partial charge in [0.05, 0.1) is 23.7 Å². The van der Waals surface area contributed by atoms with E-state index in [1.165, 1.54) is 12.1 Å². The second-order valence-electron chi connectivity index (χ2n) is 4.45. The number of anilines is 2. The summed E-state index contributed by atoms with van der Waals surface area (Å²) < 4.78 is 5.31. The number of nitrogens with two attached hydrogens (primary N) is 1. The molecule has 0 amide bonds. The van der Waals surface area contributed by atoms with Gasteiger partial charge in [0.15, 0.2) is 0 Å². The van der Waals surface area contributed by atoms with Crippen molar-refractivity contribution < 1.29 is 9.66 Å². The van der Waals surface area contributed by atoms with Crippen LogP contribution in [0.3, 0.4) is 0 Å². The fourth-order valence-electron chi connectivity index (χ4n) is 2.01. The Kier molecular flexibility index (Phi) is 3.61. The summed E-state index contributed by atoms with van der Waals surface area (Å²) in [6, 6.07) is 2.78. The summed E-state index contributed by atoms with van der Waals surface area (Å²) >= 11 is 0. The van der Waals surface area contributed by atoms with E-state index in [-0.39, 0.29) is 17.5 Å². The van der Waals surface area contributed by atoms with Gasteiger partial charge in [-0.25, -0.2) is 4.98 Å². The molecule has 2 heterocycles. The average molecular weight is 252 g/mol. The van der Waals surface area contributed by atoms with Crippen LogP contribution in [-0.2, 0) is 4.74 Å². The van der Waals surface area contributed by atoms with Crippen LogP contribution in [0.15, 0.2) is 12.1 Å². The predicted molar refractivity (Wildman–Crippen MR) is 67.3 cm³/mol. The Balaban J connectivity index is 2.10. The van der Waals surface area contributed by atoms with Crippen LogP contribution in [0.5, 0.6) is 0 Å². The molecule has 3 N–H and O–H groups in total. The minimum atomic E-state index is -0.480. The van der Waals surface area contributed by atoms with Gasteiger partial charge in [-0.2, -0.15) is 0 Å². The van der Waals surface area contributed by atoms with Crippen LogP contribution in [0.2, 0.25) is 0 Å². The highest BCUT2D eigenvalue weighted by molar-refractivity contribution is 5.53. The van der Waals surface area contributed by atoms with E-state index in [2.05, 4.69) is 10.3 Å². The molecule has 0 spiro atoms. The molecule has 1 aliphatic heterocycles. The standard InChI is InChI=1S/C11H16N4O3/c1-7(8-2-3-18-6-8)13-11-5-9(15(16)17)4-10(12)14-11/h4-5,7-8H,2-3,6H2,1H3,(H3,12,13,14). The van der Waals surface area contributed by atoms with Crippen LogP contribution in [0.1, 0.15) is 13.3 Å². The molecule has 0 saturated carbocycles. The first kappa shape index (κ1) is 12.6. The Labute approximate surface area is 104 Å². The molecule has 0 radical (unpaired) electrons. The molecule has 2 unspecified atom stereocenters. The second kappa shape index (κ2) is 5.18. The summed E-state index contributed by atoms with van der Waals surface area (Å²) in [7, 11) is 0. The monoisotopic (exact) mass is 252 g/mol. The summed E-state index contributed by atoms with van der Waals surface area (Å²) in [4.78, 5) is 14.3. The lowest BCUT2D eigenvalue weighted by molar-refractivity contribution is -0.384. The van der Waals surface area contributed by atoms with Crippen molar-refractivity contribution in [3.63, 3.8) is 0 Å². The number of rotatable bonds is 4. The molecule has 98 valence electrons. The summed E-state index contributed by atoms with van der Waals surface area (Å²) in [5.41, 5.74) is 5.49. The molecule has 1 aromatic rings. The van der Waals surface area contributed by atoms with Crippen molar-refractivity contribution in [3.8, 4) is 0 Å². The van der Waals surface area contributed by atoms with Crippen molar-refractivity contribution in [2.24, 2.45) is 5.92 Å². The van der Waals surface area contributed by atoms with Crippen LogP contribution in [0.25, 0.3) is 0 Å². The number of aromatic nitrogens is 1. The van der Waals surface area contributed by atoms with Gasteiger partial charge in [-0.1, -0.05) is 0 Å². The molecule has 7 heteroatoms. The van der Waals surface area contributed by atoms with E-state index < -0.39 is 4.92 Å². The maximum absolute atomic E-state index is 10.7. The van der Waals surface area contributed by atoms with Crippen LogP contribution in [-0.4, -0.2) is 29.2 Å². The van der Waals surface area contributed by atoms with Gasteiger partial charge in [0.2, 0.25) is 0 Å². The van der Waals surface area contributed by atoms with E-state index in [1.54, 1.807) is 0 Å². The van der Waals surface area contributed by atoms with Gasteiger partial charge < -0.3 is 15.8 Å². The lowest BCUT2D eigenvalue weighted by Gasteiger charge is -2.19. The zero-order chi connectivity index (χ0) is 13.1. The van der Waals surface area contributed by atoms with Crippen LogP contribution in [0, 0.1) is 16.0 Å². The smallest absolute Gasteiger partial charge is 0.276 e. The SMILES string of the molecule is CC(Nc1cc([N+](=O)[O-])cc(N)n1)C1CCOC1. The van der Waals surface area contributed by atoms with E-state index in [1.807, 2.05) is 6.92 Å². The van der Waals surface area contributed by atoms with Gasteiger partial charge in [-0.05, 0) is 13.3 Å². The second-order valence-corrected chi connectivity index (χ2v) is 4.45. The first-order valence-electron chi connectivity index (χ1n) is 5.82. The van der Waals surface area contributed by atoms with Gasteiger partial charge in [0.25, 0.3) is 5.69 Å². The number of nitrogen functional groups attached to an aromatic ring is 1. The number of nitro groups is 1. The van der Waals surface area contributed by atoms with E-state index in [0.717, 1.165) is 13.0 Å². The van der Waals surface area contributed by atoms with Gasteiger partial charge in [-0.15, -0.1) is 0 Å². The normalized spacial score (nSPS) is 20.6. The highest BCUT2D eigenvalue weighted by atomic mass is 16.6. The number of ether oxygens (including phenoxy) is 1. The molecule has 7 nitrogen and oxygen atoms in total. The number of hydrogen-bond donors (Lipinski definition) is 2. The molecular formula is C11H16N4O3. The van der Waals surface area contributed by atoms with Crippen LogP contribution >= 0.6 is 0 Å². The maximum Gasteiger partial charge on any atom is 0.276 e. The highest BCUT2D eigenvalue weighted by Gasteiger charge is 2.23. The van der Waals surface area contributed by atoms with Gasteiger partial charge in [0.1, 0.15) is 11.6 Å². The van der Waals surface area contributed by atoms with Gasteiger partial charge in [0, 0.05) is 18.6 Å².